The van der Waals surface area contributed by atoms with Crippen molar-refractivity contribution in [2.24, 2.45) is 16.5 Å². The Morgan fingerprint density at radius 2 is 1.91 bits per heavy atom. The molecule has 5 N–H and O–H groups in total. The Morgan fingerprint density at radius 1 is 1.12 bits per heavy atom. The summed E-state index contributed by atoms with van der Waals surface area (Å²) in [4.78, 5) is 6.14. The first-order chi connectivity index (χ1) is 15.3. The second kappa shape index (κ2) is 7.66. The van der Waals surface area contributed by atoms with Gasteiger partial charge >= 0.3 is 0 Å². The third-order valence-electron chi connectivity index (χ3n) is 5.72. The number of hydrogen-bond donors (Lipinski definition) is 3. The number of nitrogens with one attached hydrogen (secondary N) is 1. The SMILES string of the molecule is NC1=Nc2[nH]ncc2C(N)N1C1Cc2ccccc2N(S(=O)(=O)c2ccc(Cl)c(Cl)c2)C1. The van der Waals surface area contributed by atoms with Gasteiger partial charge in [-0.2, -0.15) is 10.1 Å². The number of aromatic amines is 1. The number of benzene rings is 2. The number of aliphatic imine (C=N–C) groups is 1. The summed E-state index contributed by atoms with van der Waals surface area (Å²) in [6.07, 6.45) is 1.52. The van der Waals surface area contributed by atoms with Crippen LogP contribution in [-0.2, 0) is 16.4 Å². The van der Waals surface area contributed by atoms with Crippen molar-refractivity contribution in [1.29, 1.82) is 0 Å². The highest BCUT2D eigenvalue weighted by atomic mass is 35.5. The van der Waals surface area contributed by atoms with E-state index >= 15 is 0 Å². The molecule has 3 aromatic rings. The molecule has 0 aliphatic carbocycles. The van der Waals surface area contributed by atoms with Crippen molar-refractivity contribution < 1.29 is 8.42 Å². The summed E-state index contributed by atoms with van der Waals surface area (Å²) in [6, 6.07) is 11.2. The van der Waals surface area contributed by atoms with E-state index in [0.717, 1.165) is 5.56 Å². The molecule has 2 aliphatic rings. The third kappa shape index (κ3) is 3.30. The van der Waals surface area contributed by atoms with E-state index < -0.39 is 16.2 Å². The van der Waals surface area contributed by atoms with Crippen LogP contribution < -0.4 is 15.8 Å². The van der Waals surface area contributed by atoms with Crippen molar-refractivity contribution >= 4 is 50.7 Å². The van der Waals surface area contributed by atoms with Gasteiger partial charge in [-0.05, 0) is 36.2 Å². The Kier molecular flexibility index (Phi) is 5.05. The molecule has 1 aromatic heterocycles. The van der Waals surface area contributed by atoms with Gasteiger partial charge in [0.05, 0.1) is 45.0 Å². The second-order valence-corrected chi connectivity index (χ2v) is 10.3. The molecule has 0 saturated carbocycles. The predicted octanol–water partition coefficient (Wildman–Crippen LogP) is 2.76. The first-order valence-electron chi connectivity index (χ1n) is 9.74. The fourth-order valence-electron chi connectivity index (χ4n) is 4.19. The Bertz CT molecular complexity index is 1340. The molecule has 32 heavy (non-hydrogen) atoms. The predicted molar refractivity (Wildman–Crippen MR) is 124 cm³/mol. The first kappa shape index (κ1) is 21.1. The normalized spacial score (nSPS) is 20.5. The van der Waals surface area contributed by atoms with Gasteiger partial charge in [0, 0.05) is 0 Å². The summed E-state index contributed by atoms with van der Waals surface area (Å²) in [5.41, 5.74) is 14.9. The molecule has 2 atom stereocenters. The number of para-hydroxylation sites is 1. The zero-order valence-corrected chi connectivity index (χ0v) is 18.9. The Balaban J connectivity index is 1.58. The number of anilines is 1. The molecule has 0 spiro atoms. The summed E-state index contributed by atoms with van der Waals surface area (Å²) in [6.45, 7) is 0.122. The maximum absolute atomic E-state index is 13.7. The van der Waals surface area contributed by atoms with Crippen LogP contribution in [-0.4, -0.2) is 42.1 Å². The van der Waals surface area contributed by atoms with E-state index in [2.05, 4.69) is 15.2 Å². The molecule has 3 heterocycles. The number of guanidine groups is 1. The molecule has 2 unspecified atom stereocenters. The van der Waals surface area contributed by atoms with Gasteiger partial charge in [-0.25, -0.2) is 8.42 Å². The fourth-order valence-corrected chi connectivity index (χ4v) is 6.12. The molecule has 5 rings (SSSR count). The van der Waals surface area contributed by atoms with E-state index in [1.165, 1.54) is 22.5 Å². The number of sulfonamides is 1. The van der Waals surface area contributed by atoms with Crippen molar-refractivity contribution in [3.05, 3.63) is 69.8 Å². The maximum Gasteiger partial charge on any atom is 0.264 e. The molecule has 0 fully saturated rings. The second-order valence-electron chi connectivity index (χ2n) is 7.59. The van der Waals surface area contributed by atoms with Gasteiger partial charge in [-0.3, -0.25) is 9.40 Å². The van der Waals surface area contributed by atoms with Gasteiger partial charge in [-0.1, -0.05) is 41.4 Å². The van der Waals surface area contributed by atoms with Crippen LogP contribution in [0.3, 0.4) is 0 Å². The van der Waals surface area contributed by atoms with Gasteiger partial charge in [0.25, 0.3) is 10.0 Å². The number of H-pyrrole nitrogens is 1. The van der Waals surface area contributed by atoms with E-state index in [0.29, 0.717) is 23.5 Å². The number of nitrogens with two attached hydrogens (primary N) is 2. The lowest BCUT2D eigenvalue weighted by atomic mass is 9.97. The molecular weight excluding hydrogens is 473 g/mol. The van der Waals surface area contributed by atoms with Crippen LogP contribution in [0.15, 0.2) is 58.5 Å². The summed E-state index contributed by atoms with van der Waals surface area (Å²) in [5, 5.41) is 7.20. The monoisotopic (exact) mass is 491 g/mol. The summed E-state index contributed by atoms with van der Waals surface area (Å²) in [7, 11) is -3.95. The largest absolute Gasteiger partial charge is 0.369 e. The van der Waals surface area contributed by atoms with E-state index in [4.69, 9.17) is 34.7 Å². The Morgan fingerprint density at radius 3 is 2.69 bits per heavy atom. The summed E-state index contributed by atoms with van der Waals surface area (Å²) in [5.74, 6) is 0.702. The van der Waals surface area contributed by atoms with Gasteiger partial charge in [-0.15, -0.1) is 0 Å². The smallest absolute Gasteiger partial charge is 0.264 e. The zero-order valence-electron chi connectivity index (χ0n) is 16.6. The maximum atomic E-state index is 13.7. The molecule has 0 amide bonds. The van der Waals surface area contributed by atoms with Gasteiger partial charge in [0.2, 0.25) is 0 Å². The summed E-state index contributed by atoms with van der Waals surface area (Å²) >= 11 is 12.1. The van der Waals surface area contributed by atoms with Crippen molar-refractivity contribution in [3.63, 3.8) is 0 Å². The zero-order chi connectivity index (χ0) is 22.6. The van der Waals surface area contributed by atoms with Crippen molar-refractivity contribution in [3.8, 4) is 0 Å². The van der Waals surface area contributed by atoms with Crippen molar-refractivity contribution in [1.82, 2.24) is 15.1 Å². The van der Waals surface area contributed by atoms with Gasteiger partial charge in [0.15, 0.2) is 11.8 Å². The highest BCUT2D eigenvalue weighted by molar-refractivity contribution is 7.92. The van der Waals surface area contributed by atoms with Crippen LogP contribution >= 0.6 is 23.2 Å². The van der Waals surface area contributed by atoms with Crippen LogP contribution in [0, 0.1) is 0 Å². The van der Waals surface area contributed by atoms with E-state index in [1.807, 2.05) is 12.1 Å². The molecule has 166 valence electrons. The van der Waals surface area contributed by atoms with Crippen molar-refractivity contribution in [2.75, 3.05) is 10.8 Å². The lowest BCUT2D eigenvalue weighted by Crippen LogP contribution is -2.57. The molecule has 2 aromatic carbocycles. The number of aromatic nitrogens is 2. The molecule has 2 aliphatic heterocycles. The standard InChI is InChI=1S/C20H19Cl2N7O2S/c21-15-6-5-13(8-16(15)22)32(30,31)28-10-12(7-11-3-1-2-4-17(11)28)29-18(23)14-9-25-27-19(14)26-20(29)24/h1-6,8-9,12,18H,7,10,23H2,(H3,24,25,26,27). The number of halogens is 2. The van der Waals surface area contributed by atoms with Crippen LogP contribution in [0.25, 0.3) is 0 Å². The molecule has 0 saturated heterocycles. The van der Waals surface area contributed by atoms with E-state index in [9.17, 15) is 8.42 Å². The van der Waals surface area contributed by atoms with Crippen LogP contribution in [0.5, 0.6) is 0 Å². The topological polar surface area (TPSA) is 134 Å². The summed E-state index contributed by atoms with van der Waals surface area (Å²) < 4.78 is 28.7. The van der Waals surface area contributed by atoms with Gasteiger partial charge < -0.3 is 16.4 Å². The number of nitrogens with zero attached hydrogens (tertiary/aromatic N) is 4. The number of hydrogen-bond acceptors (Lipinski definition) is 7. The quantitative estimate of drug-likeness (QED) is 0.515. The molecule has 0 bridgehead atoms. The van der Waals surface area contributed by atoms with Crippen molar-refractivity contribution in [2.45, 2.75) is 23.5 Å². The Labute approximate surface area is 194 Å². The number of rotatable bonds is 3. The van der Waals surface area contributed by atoms with E-state index in [-0.39, 0.29) is 33.5 Å². The minimum absolute atomic E-state index is 0.0454. The fraction of sp³-hybridized carbons (Fsp3) is 0.200. The van der Waals surface area contributed by atoms with Gasteiger partial charge in [0.1, 0.15) is 6.17 Å². The highest BCUT2D eigenvalue weighted by Crippen LogP contribution is 2.38. The Hall–Kier alpha value is -2.79. The van der Waals surface area contributed by atoms with Crippen LogP contribution in [0.2, 0.25) is 10.0 Å². The molecule has 12 heteroatoms. The highest BCUT2D eigenvalue weighted by Gasteiger charge is 2.40. The lowest BCUT2D eigenvalue weighted by molar-refractivity contribution is 0.233. The first-order valence-corrected chi connectivity index (χ1v) is 11.9. The number of fused-ring (bicyclic) bond motifs is 2. The molecular formula is C20H19Cl2N7O2S. The average Bonchev–Trinajstić information content (AvgIpc) is 3.23. The minimum Gasteiger partial charge on any atom is -0.369 e. The average molecular weight is 492 g/mol. The third-order valence-corrected chi connectivity index (χ3v) is 8.24. The molecule has 0 radical (unpaired) electrons. The van der Waals surface area contributed by atoms with E-state index in [1.54, 1.807) is 23.2 Å². The minimum atomic E-state index is -3.95. The van der Waals surface area contributed by atoms with Crippen LogP contribution in [0.4, 0.5) is 11.5 Å². The lowest BCUT2D eigenvalue weighted by Gasteiger charge is -2.44. The van der Waals surface area contributed by atoms with Crippen LogP contribution in [0.1, 0.15) is 17.3 Å². The molecule has 9 nitrogen and oxygen atoms in total.